The minimum Gasteiger partial charge on any atom is -0.504 e. The van der Waals surface area contributed by atoms with Gasteiger partial charge in [0.25, 0.3) is 11.1 Å². The maximum absolute atomic E-state index is 13.9. The molecule has 2 heterocycles. The average molecular weight is 557 g/mol. The van der Waals surface area contributed by atoms with Gasteiger partial charge in [0, 0.05) is 17.3 Å². The Hall–Kier alpha value is -5.78. The van der Waals surface area contributed by atoms with E-state index in [4.69, 9.17) is 0 Å². The molecule has 3 aromatic carbocycles. The van der Waals surface area contributed by atoms with Crippen molar-refractivity contribution in [1.82, 2.24) is 19.6 Å². The van der Waals surface area contributed by atoms with Crippen molar-refractivity contribution >= 4 is 11.9 Å². The number of carboxylic acid groups (broad SMARTS) is 2. The van der Waals surface area contributed by atoms with Crippen LogP contribution in [0.2, 0.25) is 0 Å². The third-order valence-corrected chi connectivity index (χ3v) is 6.85. The molecule has 0 bridgehead atoms. The smallest absolute Gasteiger partial charge is 0.335 e. The lowest BCUT2D eigenvalue weighted by molar-refractivity contribution is 0.0686. The number of nitrogens with zero attached hydrogens (tertiary/aromatic N) is 2. The van der Waals surface area contributed by atoms with Crippen LogP contribution in [0, 0.1) is 13.8 Å². The Balaban J connectivity index is 1.76. The zero-order chi connectivity index (χ0) is 29.6. The van der Waals surface area contributed by atoms with E-state index in [0.29, 0.717) is 17.0 Å². The molecule has 208 valence electrons. The molecule has 0 aliphatic carbocycles. The van der Waals surface area contributed by atoms with E-state index in [1.165, 1.54) is 64.0 Å². The summed E-state index contributed by atoms with van der Waals surface area (Å²) in [6.07, 6.45) is 0. The quantitative estimate of drug-likeness (QED) is 0.165. The third-order valence-electron chi connectivity index (χ3n) is 6.85. The first-order chi connectivity index (χ1) is 19.5. The molecule has 0 amide bonds. The van der Waals surface area contributed by atoms with E-state index in [1.54, 1.807) is 26.0 Å². The summed E-state index contributed by atoms with van der Waals surface area (Å²) in [7, 11) is 0. The molecule has 0 radical (unpaired) electrons. The van der Waals surface area contributed by atoms with Crippen molar-refractivity contribution in [3.63, 3.8) is 0 Å². The fourth-order valence-electron chi connectivity index (χ4n) is 4.92. The molecular formula is C29H24N4O8. The van der Waals surface area contributed by atoms with Crippen LogP contribution in [-0.4, -0.2) is 51.9 Å². The number of benzene rings is 3. The molecule has 0 aliphatic heterocycles. The maximum Gasteiger partial charge on any atom is 0.335 e. The number of rotatable bonds is 7. The molecular weight excluding hydrogens is 532 g/mol. The van der Waals surface area contributed by atoms with Crippen molar-refractivity contribution in [3.8, 4) is 22.9 Å². The predicted molar refractivity (Wildman–Crippen MR) is 147 cm³/mol. The van der Waals surface area contributed by atoms with Crippen LogP contribution in [0.25, 0.3) is 11.4 Å². The Morgan fingerprint density at radius 1 is 0.683 bits per heavy atom. The van der Waals surface area contributed by atoms with Gasteiger partial charge in [-0.1, -0.05) is 18.2 Å². The van der Waals surface area contributed by atoms with Gasteiger partial charge in [-0.15, -0.1) is 0 Å². The number of phenolic OH excluding ortho intramolecular Hbond substituents is 2. The van der Waals surface area contributed by atoms with Gasteiger partial charge in [0.1, 0.15) is 0 Å². The monoisotopic (exact) mass is 556 g/mol. The zero-order valence-electron chi connectivity index (χ0n) is 21.7. The number of phenols is 2. The van der Waals surface area contributed by atoms with E-state index in [9.17, 15) is 39.6 Å². The highest BCUT2D eigenvalue weighted by Crippen LogP contribution is 2.36. The lowest BCUT2D eigenvalue weighted by Gasteiger charge is -2.16. The number of aromatic amines is 2. The van der Waals surface area contributed by atoms with Gasteiger partial charge < -0.3 is 20.4 Å². The Morgan fingerprint density at radius 2 is 1.15 bits per heavy atom. The molecule has 0 saturated heterocycles. The summed E-state index contributed by atoms with van der Waals surface area (Å²) in [5, 5.41) is 45.0. The highest BCUT2D eigenvalue weighted by molar-refractivity contribution is 5.88. The number of nitrogens with one attached hydrogen (secondary N) is 2. The van der Waals surface area contributed by atoms with Gasteiger partial charge >= 0.3 is 11.9 Å². The first-order valence-electron chi connectivity index (χ1n) is 12.3. The fraction of sp³-hybridized carbons (Fsp3) is 0.103. The lowest BCUT2D eigenvalue weighted by Crippen LogP contribution is -2.25. The summed E-state index contributed by atoms with van der Waals surface area (Å²) in [6, 6.07) is 15.5. The topological polar surface area (TPSA) is 191 Å². The Morgan fingerprint density at radius 3 is 1.56 bits per heavy atom. The summed E-state index contributed by atoms with van der Waals surface area (Å²) >= 11 is 0. The van der Waals surface area contributed by atoms with E-state index in [2.05, 4.69) is 10.2 Å². The first kappa shape index (κ1) is 26.8. The zero-order valence-corrected chi connectivity index (χ0v) is 21.7. The van der Waals surface area contributed by atoms with Gasteiger partial charge in [-0.25, -0.2) is 19.0 Å². The largest absolute Gasteiger partial charge is 0.504 e. The van der Waals surface area contributed by atoms with Gasteiger partial charge in [0.15, 0.2) is 11.5 Å². The lowest BCUT2D eigenvalue weighted by atomic mass is 9.85. The fourth-order valence-corrected chi connectivity index (χ4v) is 4.92. The summed E-state index contributed by atoms with van der Waals surface area (Å²) < 4.78 is 2.34. The van der Waals surface area contributed by atoms with Crippen molar-refractivity contribution in [3.05, 3.63) is 127 Å². The van der Waals surface area contributed by atoms with Crippen molar-refractivity contribution in [2.24, 2.45) is 0 Å². The molecule has 12 heteroatoms. The van der Waals surface area contributed by atoms with Gasteiger partial charge in [-0.3, -0.25) is 19.8 Å². The van der Waals surface area contributed by atoms with Crippen LogP contribution in [0.4, 0.5) is 0 Å². The molecule has 0 atom stereocenters. The molecule has 0 spiro atoms. The number of aromatic nitrogens is 4. The number of aryl methyl sites for hydroxylation is 2. The first-order valence-corrected chi connectivity index (χ1v) is 12.3. The van der Waals surface area contributed by atoms with Gasteiger partial charge in [0.05, 0.1) is 33.6 Å². The van der Waals surface area contributed by atoms with Crippen molar-refractivity contribution in [2.75, 3.05) is 0 Å². The highest BCUT2D eigenvalue weighted by Gasteiger charge is 2.31. The number of aromatic hydroxyl groups is 2. The minimum atomic E-state index is -1.17. The van der Waals surface area contributed by atoms with Crippen LogP contribution in [0.1, 0.15) is 54.7 Å². The molecule has 0 saturated carbocycles. The molecule has 41 heavy (non-hydrogen) atoms. The SMILES string of the molecule is Cc1[nH]n(-c2cccc(C(=O)O)c2)c(=O)c1C(c1ccc(O)c(O)c1)c1c(C)[nH]n(-c2cccc(C(=O)O)c2)c1=O. The van der Waals surface area contributed by atoms with E-state index < -0.39 is 40.5 Å². The molecule has 5 aromatic rings. The van der Waals surface area contributed by atoms with Crippen molar-refractivity contribution in [2.45, 2.75) is 19.8 Å². The summed E-state index contributed by atoms with van der Waals surface area (Å²) in [4.78, 5) is 50.9. The number of carbonyl (C=O) groups is 2. The predicted octanol–water partition coefficient (Wildman–Crippen LogP) is 3.25. The standard InChI is InChI=1S/C29H24N4O8/c1-14-23(26(36)32(30-14)19-7-3-5-17(11-19)28(38)39)25(16-9-10-21(34)22(35)13-16)24-15(2)31-33(27(24)37)20-8-4-6-18(12-20)29(40)41/h3-13,25,30-31,34-35H,1-2H3,(H,38,39)(H,40,41). The van der Waals surface area contributed by atoms with E-state index >= 15 is 0 Å². The van der Waals surface area contributed by atoms with Gasteiger partial charge in [0.2, 0.25) is 0 Å². The maximum atomic E-state index is 13.9. The molecule has 5 rings (SSSR count). The van der Waals surface area contributed by atoms with Crippen LogP contribution < -0.4 is 11.1 Å². The van der Waals surface area contributed by atoms with E-state index in [1.807, 2.05) is 0 Å². The van der Waals surface area contributed by atoms with Crippen molar-refractivity contribution in [1.29, 1.82) is 0 Å². The molecule has 6 N–H and O–H groups in total. The van der Waals surface area contributed by atoms with Crippen LogP contribution in [0.3, 0.4) is 0 Å². The molecule has 2 aromatic heterocycles. The second kappa shape index (κ2) is 10.1. The van der Waals surface area contributed by atoms with Crippen molar-refractivity contribution < 1.29 is 30.0 Å². The summed E-state index contributed by atoms with van der Waals surface area (Å²) in [5.74, 6) is -4.25. The number of hydrogen-bond donors (Lipinski definition) is 6. The highest BCUT2D eigenvalue weighted by atomic mass is 16.4. The third kappa shape index (κ3) is 4.67. The van der Waals surface area contributed by atoms with E-state index in [-0.39, 0.29) is 33.6 Å². The van der Waals surface area contributed by atoms with Crippen LogP contribution >= 0.6 is 0 Å². The number of hydrogen-bond acceptors (Lipinski definition) is 6. The molecule has 0 fully saturated rings. The summed E-state index contributed by atoms with van der Waals surface area (Å²) in [6.45, 7) is 3.25. The number of aromatic carboxylic acids is 2. The Bertz CT molecular complexity index is 1840. The van der Waals surface area contributed by atoms with Crippen LogP contribution in [0.15, 0.2) is 76.3 Å². The molecule has 0 unspecified atom stereocenters. The molecule has 12 nitrogen and oxygen atoms in total. The van der Waals surface area contributed by atoms with Gasteiger partial charge in [-0.2, -0.15) is 0 Å². The number of carboxylic acids is 2. The number of H-pyrrole nitrogens is 2. The molecule has 0 aliphatic rings. The minimum absolute atomic E-state index is 0.0313. The van der Waals surface area contributed by atoms with E-state index in [0.717, 1.165) is 0 Å². The van der Waals surface area contributed by atoms with Crippen LogP contribution in [0.5, 0.6) is 11.5 Å². The Labute approximate surface area is 231 Å². The average Bonchev–Trinajstić information content (AvgIpc) is 3.41. The second-order valence-corrected chi connectivity index (χ2v) is 9.47. The normalized spacial score (nSPS) is 11.2. The van der Waals surface area contributed by atoms with Gasteiger partial charge in [-0.05, 0) is 67.9 Å². The summed E-state index contributed by atoms with van der Waals surface area (Å²) in [5.41, 5.74) is 0.645. The van der Waals surface area contributed by atoms with Crippen LogP contribution in [-0.2, 0) is 0 Å². The Kier molecular flexibility index (Phi) is 6.59. The second-order valence-electron chi connectivity index (χ2n) is 9.47.